The predicted molar refractivity (Wildman–Crippen MR) is 35.7 cm³/mol. The van der Waals surface area contributed by atoms with Crippen molar-refractivity contribution in [1.29, 1.82) is 0 Å². The molecule has 0 aliphatic carbocycles. The van der Waals surface area contributed by atoms with Gasteiger partial charge in [-0.3, -0.25) is 0 Å². The van der Waals surface area contributed by atoms with Gasteiger partial charge in [-0.2, -0.15) is 17.6 Å². The molecule has 0 unspecified atom stereocenters. The Hall–Kier alpha value is -1.33. The van der Waals surface area contributed by atoms with Gasteiger partial charge in [-0.25, -0.2) is 4.98 Å². The molecule has 0 spiro atoms. The Labute approximate surface area is 71.2 Å². The van der Waals surface area contributed by atoms with Gasteiger partial charge in [-0.05, 0) is 12.1 Å². The van der Waals surface area contributed by atoms with E-state index >= 15 is 0 Å². The SMILES string of the molecule is COc1ccc(C(F)(F)F)nc1F. The lowest BCUT2D eigenvalue weighted by molar-refractivity contribution is -0.141. The topological polar surface area (TPSA) is 22.1 Å². The summed E-state index contributed by atoms with van der Waals surface area (Å²) in [6.07, 6.45) is -4.63. The fourth-order valence-electron chi connectivity index (χ4n) is 0.732. The van der Waals surface area contributed by atoms with Crippen molar-refractivity contribution in [3.63, 3.8) is 0 Å². The number of hydrogen-bond donors (Lipinski definition) is 0. The quantitative estimate of drug-likeness (QED) is 0.506. The highest BCUT2D eigenvalue weighted by atomic mass is 19.4. The monoisotopic (exact) mass is 195 g/mol. The maximum atomic E-state index is 12.6. The largest absolute Gasteiger partial charge is 0.492 e. The van der Waals surface area contributed by atoms with Crippen molar-refractivity contribution in [3.8, 4) is 5.75 Å². The van der Waals surface area contributed by atoms with Crippen LogP contribution in [-0.2, 0) is 6.18 Å². The Kier molecular flexibility index (Phi) is 2.40. The number of pyridine rings is 1. The minimum absolute atomic E-state index is 0.312. The summed E-state index contributed by atoms with van der Waals surface area (Å²) in [5, 5.41) is 0. The minimum Gasteiger partial charge on any atom is -0.492 e. The second-order valence-electron chi connectivity index (χ2n) is 2.19. The summed E-state index contributed by atoms with van der Waals surface area (Å²) in [5.74, 6) is -1.58. The summed E-state index contributed by atoms with van der Waals surface area (Å²) in [7, 11) is 1.15. The third kappa shape index (κ3) is 2.07. The van der Waals surface area contributed by atoms with Crippen molar-refractivity contribution in [1.82, 2.24) is 4.98 Å². The van der Waals surface area contributed by atoms with Crippen molar-refractivity contribution >= 4 is 0 Å². The van der Waals surface area contributed by atoms with Crippen molar-refractivity contribution in [2.75, 3.05) is 7.11 Å². The summed E-state index contributed by atoms with van der Waals surface area (Å²) in [6, 6.07) is 1.53. The van der Waals surface area contributed by atoms with Crippen LogP contribution in [0.2, 0.25) is 0 Å². The molecule has 1 heterocycles. The van der Waals surface area contributed by atoms with Gasteiger partial charge < -0.3 is 4.74 Å². The summed E-state index contributed by atoms with van der Waals surface area (Å²) in [5.41, 5.74) is -1.27. The van der Waals surface area contributed by atoms with Gasteiger partial charge in [-0.1, -0.05) is 0 Å². The summed E-state index contributed by atoms with van der Waals surface area (Å²) in [6.45, 7) is 0. The van der Waals surface area contributed by atoms with Crippen LogP contribution < -0.4 is 4.74 Å². The number of ether oxygens (including phenoxy) is 1. The Morgan fingerprint density at radius 2 is 1.92 bits per heavy atom. The second-order valence-corrected chi connectivity index (χ2v) is 2.19. The van der Waals surface area contributed by atoms with Crippen LogP contribution >= 0.6 is 0 Å². The molecule has 2 nitrogen and oxygen atoms in total. The third-order valence-corrected chi connectivity index (χ3v) is 1.32. The summed E-state index contributed by atoms with van der Waals surface area (Å²) < 4.78 is 52.9. The van der Waals surface area contributed by atoms with Crippen molar-refractivity contribution < 1.29 is 22.3 Å². The molecule has 0 aromatic carbocycles. The predicted octanol–water partition coefficient (Wildman–Crippen LogP) is 2.25. The molecule has 1 aromatic heterocycles. The van der Waals surface area contributed by atoms with Crippen LogP contribution in [0.25, 0.3) is 0 Å². The van der Waals surface area contributed by atoms with Crippen LogP contribution in [0.5, 0.6) is 5.75 Å². The Balaban J connectivity index is 3.10. The van der Waals surface area contributed by atoms with Gasteiger partial charge in [0, 0.05) is 0 Å². The van der Waals surface area contributed by atoms with Gasteiger partial charge in [-0.15, -0.1) is 0 Å². The molecule has 0 amide bonds. The van der Waals surface area contributed by atoms with E-state index in [-0.39, 0.29) is 5.75 Å². The molecule has 72 valence electrons. The van der Waals surface area contributed by atoms with Crippen LogP contribution in [0.4, 0.5) is 17.6 Å². The van der Waals surface area contributed by atoms with Crippen LogP contribution in [0.3, 0.4) is 0 Å². The maximum absolute atomic E-state index is 12.6. The van der Waals surface area contributed by atoms with Crippen LogP contribution in [-0.4, -0.2) is 12.1 Å². The third-order valence-electron chi connectivity index (χ3n) is 1.32. The first-order valence-corrected chi connectivity index (χ1v) is 3.23. The number of halogens is 4. The van der Waals surface area contributed by atoms with E-state index in [1.54, 1.807) is 0 Å². The van der Waals surface area contributed by atoms with Crippen molar-refractivity contribution in [2.45, 2.75) is 6.18 Å². The molecular weight excluding hydrogens is 190 g/mol. The van der Waals surface area contributed by atoms with Gasteiger partial charge >= 0.3 is 6.18 Å². The highest BCUT2D eigenvalue weighted by Gasteiger charge is 2.33. The molecule has 1 aromatic rings. The van der Waals surface area contributed by atoms with E-state index in [1.165, 1.54) is 0 Å². The lowest BCUT2D eigenvalue weighted by atomic mass is 10.3. The molecule has 0 atom stereocenters. The maximum Gasteiger partial charge on any atom is 0.433 e. The molecule has 13 heavy (non-hydrogen) atoms. The fraction of sp³-hybridized carbons (Fsp3) is 0.286. The molecule has 1 rings (SSSR count). The zero-order valence-corrected chi connectivity index (χ0v) is 6.52. The molecular formula is C7H5F4NO. The molecule has 0 radical (unpaired) electrons. The molecule has 0 N–H and O–H groups in total. The number of alkyl halides is 3. The van der Waals surface area contributed by atoms with Gasteiger partial charge in [0.05, 0.1) is 7.11 Å². The van der Waals surface area contributed by atoms with E-state index in [2.05, 4.69) is 9.72 Å². The standard InChI is InChI=1S/C7H5F4NO/c1-13-4-2-3-5(7(9,10)11)12-6(4)8/h2-3H,1H3. The Morgan fingerprint density at radius 3 is 2.31 bits per heavy atom. The zero-order valence-electron chi connectivity index (χ0n) is 6.52. The highest BCUT2D eigenvalue weighted by molar-refractivity contribution is 5.22. The number of rotatable bonds is 1. The second kappa shape index (κ2) is 3.20. The molecule has 0 saturated carbocycles. The van der Waals surface area contributed by atoms with Crippen molar-refractivity contribution in [2.24, 2.45) is 0 Å². The number of nitrogens with zero attached hydrogens (tertiary/aromatic N) is 1. The van der Waals surface area contributed by atoms with Crippen LogP contribution in [0.15, 0.2) is 12.1 Å². The summed E-state index contributed by atoms with van der Waals surface area (Å²) in [4.78, 5) is 2.70. The molecule has 0 aliphatic heterocycles. The molecule has 0 aliphatic rings. The highest BCUT2D eigenvalue weighted by Crippen LogP contribution is 2.29. The first-order chi connectivity index (χ1) is 5.95. The van der Waals surface area contributed by atoms with E-state index in [0.717, 1.165) is 13.2 Å². The number of methoxy groups -OCH3 is 1. The number of hydrogen-bond acceptors (Lipinski definition) is 2. The van der Waals surface area contributed by atoms with E-state index in [1.807, 2.05) is 0 Å². The van der Waals surface area contributed by atoms with Crippen LogP contribution in [0, 0.1) is 5.95 Å². The molecule has 0 fully saturated rings. The smallest absolute Gasteiger partial charge is 0.433 e. The van der Waals surface area contributed by atoms with Gasteiger partial charge in [0.25, 0.3) is 5.95 Å². The lowest BCUT2D eigenvalue weighted by Crippen LogP contribution is -2.09. The average Bonchev–Trinajstić information content (AvgIpc) is 2.02. The minimum atomic E-state index is -4.63. The summed E-state index contributed by atoms with van der Waals surface area (Å²) >= 11 is 0. The van der Waals surface area contributed by atoms with Crippen LogP contribution in [0.1, 0.15) is 5.69 Å². The zero-order chi connectivity index (χ0) is 10.1. The Morgan fingerprint density at radius 1 is 1.31 bits per heavy atom. The van der Waals surface area contributed by atoms with Gasteiger partial charge in [0.1, 0.15) is 5.69 Å². The molecule has 0 saturated heterocycles. The lowest BCUT2D eigenvalue weighted by Gasteiger charge is -2.06. The first kappa shape index (κ1) is 9.76. The normalized spacial score (nSPS) is 11.5. The van der Waals surface area contributed by atoms with E-state index in [0.29, 0.717) is 6.07 Å². The van der Waals surface area contributed by atoms with E-state index in [4.69, 9.17) is 0 Å². The molecule has 0 bridgehead atoms. The van der Waals surface area contributed by atoms with Gasteiger partial charge in [0.15, 0.2) is 5.75 Å². The van der Waals surface area contributed by atoms with Crippen molar-refractivity contribution in [3.05, 3.63) is 23.8 Å². The number of aromatic nitrogens is 1. The average molecular weight is 195 g/mol. The van der Waals surface area contributed by atoms with E-state index < -0.39 is 17.8 Å². The molecule has 6 heteroatoms. The Bertz CT molecular complexity index is 310. The fourth-order valence-corrected chi connectivity index (χ4v) is 0.732. The van der Waals surface area contributed by atoms with E-state index in [9.17, 15) is 17.6 Å². The van der Waals surface area contributed by atoms with Gasteiger partial charge in [0.2, 0.25) is 0 Å². The first-order valence-electron chi connectivity index (χ1n) is 3.23.